The van der Waals surface area contributed by atoms with Crippen molar-refractivity contribution in [2.45, 2.75) is 31.8 Å². The fraction of sp³-hybridized carbons (Fsp3) is 0.280. The van der Waals surface area contributed by atoms with Crippen LogP contribution in [0, 0.1) is 9.49 Å². The molecule has 1 aliphatic carbocycles. The molecule has 0 atom stereocenters. The number of nitrogens with zero attached hydrogens (tertiary/aromatic N) is 2. The molecule has 6 heteroatoms. The van der Waals surface area contributed by atoms with Gasteiger partial charge in [-0.1, -0.05) is 54.6 Å². The van der Waals surface area contributed by atoms with Crippen molar-refractivity contribution in [2.24, 2.45) is 5.92 Å². The minimum Gasteiger partial charge on any atom is -0.461 e. The lowest BCUT2D eigenvalue weighted by Gasteiger charge is -2.26. The molecule has 1 N–H and O–H groups in total. The normalized spacial score (nSPS) is 18.9. The molecule has 0 amide bonds. The van der Waals surface area contributed by atoms with E-state index in [0.717, 1.165) is 46.0 Å². The van der Waals surface area contributed by atoms with E-state index in [4.69, 9.17) is 9.72 Å². The van der Waals surface area contributed by atoms with Crippen LogP contribution in [-0.2, 0) is 0 Å². The van der Waals surface area contributed by atoms with Crippen LogP contribution in [0.5, 0.6) is 6.01 Å². The summed E-state index contributed by atoms with van der Waals surface area (Å²) < 4.78 is 19.9. The van der Waals surface area contributed by atoms with Crippen LogP contribution in [0.2, 0.25) is 0 Å². The first kappa shape index (κ1) is 20.4. The summed E-state index contributed by atoms with van der Waals surface area (Å²) in [5, 5.41) is 0. The lowest BCUT2D eigenvalue weighted by Crippen LogP contribution is -2.25. The molecule has 2 heterocycles. The van der Waals surface area contributed by atoms with Gasteiger partial charge in [0.25, 0.3) is 6.01 Å². The predicted octanol–water partition coefficient (Wildman–Crippen LogP) is 6.80. The Hall–Kier alpha value is -2.48. The maximum absolute atomic E-state index is 12.8. The lowest BCUT2D eigenvalue weighted by molar-refractivity contribution is 0.113. The van der Waals surface area contributed by atoms with Crippen molar-refractivity contribution >= 4 is 33.8 Å². The van der Waals surface area contributed by atoms with Gasteiger partial charge >= 0.3 is 0 Å². The van der Waals surface area contributed by atoms with Crippen molar-refractivity contribution in [1.29, 1.82) is 0 Å². The maximum Gasteiger partial charge on any atom is 0.296 e. The van der Waals surface area contributed by atoms with Crippen molar-refractivity contribution < 1.29 is 9.13 Å². The summed E-state index contributed by atoms with van der Waals surface area (Å²) in [5.74, 6) is 0.189. The zero-order chi connectivity index (χ0) is 21.2. The molecule has 1 saturated carbocycles. The lowest BCUT2D eigenvalue weighted by atomic mass is 9.88. The zero-order valence-electron chi connectivity index (χ0n) is 17.0. The Morgan fingerprint density at radius 2 is 1.58 bits per heavy atom. The second kappa shape index (κ2) is 8.94. The third-order valence-electron chi connectivity index (χ3n) is 5.96. The van der Waals surface area contributed by atoms with Crippen LogP contribution in [0.3, 0.4) is 0 Å². The van der Waals surface area contributed by atoms with E-state index in [0.29, 0.717) is 11.7 Å². The second-order valence-corrected chi connectivity index (χ2v) is 9.25. The van der Waals surface area contributed by atoms with Crippen molar-refractivity contribution in [3.63, 3.8) is 0 Å². The predicted molar refractivity (Wildman–Crippen MR) is 130 cm³/mol. The average molecular weight is 527 g/mol. The molecule has 31 heavy (non-hydrogen) atoms. The van der Waals surface area contributed by atoms with E-state index in [1.807, 2.05) is 18.2 Å². The molecular weight excluding hydrogens is 504 g/mol. The SMILES string of the molecule is FCC1CCC(Oc2nc3nc(-c4ccc(-c5ccccc5)cc4)c(I)cc3[nH]2)CC1. The molecule has 2 aromatic carbocycles. The second-order valence-electron chi connectivity index (χ2n) is 8.09. The third-order valence-corrected chi connectivity index (χ3v) is 6.78. The van der Waals surface area contributed by atoms with E-state index < -0.39 is 0 Å². The van der Waals surface area contributed by atoms with Gasteiger partial charge in [0.1, 0.15) is 6.10 Å². The summed E-state index contributed by atoms with van der Waals surface area (Å²) in [6.07, 6.45) is 3.58. The van der Waals surface area contributed by atoms with Gasteiger partial charge in [-0.15, -0.1) is 0 Å². The molecule has 1 fully saturated rings. The number of H-pyrrole nitrogens is 1. The fourth-order valence-corrected chi connectivity index (χ4v) is 4.91. The molecule has 4 aromatic rings. The van der Waals surface area contributed by atoms with Gasteiger partial charge in [0.2, 0.25) is 0 Å². The number of aromatic nitrogens is 3. The molecule has 2 aromatic heterocycles. The van der Waals surface area contributed by atoms with Crippen LogP contribution in [0.1, 0.15) is 25.7 Å². The average Bonchev–Trinajstić information content (AvgIpc) is 3.20. The molecule has 0 aliphatic heterocycles. The first-order valence-corrected chi connectivity index (χ1v) is 11.7. The van der Waals surface area contributed by atoms with Crippen LogP contribution in [0.15, 0.2) is 60.7 Å². The van der Waals surface area contributed by atoms with Crippen LogP contribution in [0.25, 0.3) is 33.5 Å². The van der Waals surface area contributed by atoms with Gasteiger partial charge in [-0.05, 0) is 71.4 Å². The topological polar surface area (TPSA) is 50.8 Å². The van der Waals surface area contributed by atoms with Crippen molar-refractivity contribution in [2.75, 3.05) is 6.67 Å². The number of imidazole rings is 1. The molecule has 0 saturated heterocycles. The third kappa shape index (κ3) is 4.44. The molecule has 0 spiro atoms. The van der Waals surface area contributed by atoms with Gasteiger partial charge in [-0.25, -0.2) is 4.98 Å². The number of nitrogens with one attached hydrogen (secondary N) is 1. The highest BCUT2D eigenvalue weighted by Gasteiger charge is 2.23. The van der Waals surface area contributed by atoms with E-state index >= 15 is 0 Å². The molecule has 4 nitrogen and oxygen atoms in total. The highest BCUT2D eigenvalue weighted by molar-refractivity contribution is 14.1. The molecular formula is C25H23FIN3O. The Kier molecular flexibility index (Phi) is 5.89. The summed E-state index contributed by atoms with van der Waals surface area (Å²) in [6.45, 7) is -0.227. The van der Waals surface area contributed by atoms with E-state index in [9.17, 15) is 4.39 Å². The van der Waals surface area contributed by atoms with Gasteiger partial charge in [-0.3, -0.25) is 4.39 Å². The zero-order valence-corrected chi connectivity index (χ0v) is 19.2. The molecule has 158 valence electrons. The quantitative estimate of drug-likeness (QED) is 0.291. The van der Waals surface area contributed by atoms with Gasteiger partial charge in [-0.2, -0.15) is 4.98 Å². The van der Waals surface area contributed by atoms with Crippen LogP contribution < -0.4 is 4.74 Å². The summed E-state index contributed by atoms with van der Waals surface area (Å²) >= 11 is 2.32. The van der Waals surface area contributed by atoms with Crippen molar-refractivity contribution in [3.8, 4) is 28.4 Å². The Labute approximate surface area is 194 Å². The molecule has 0 unspecified atom stereocenters. The largest absolute Gasteiger partial charge is 0.461 e. The number of halogens is 2. The monoisotopic (exact) mass is 527 g/mol. The number of hydrogen-bond donors (Lipinski definition) is 1. The number of fused-ring (bicyclic) bond motifs is 1. The van der Waals surface area contributed by atoms with E-state index in [1.165, 1.54) is 11.1 Å². The number of aromatic amines is 1. The first-order chi connectivity index (χ1) is 15.2. The minimum atomic E-state index is -0.227. The van der Waals surface area contributed by atoms with E-state index in [2.05, 4.69) is 75.0 Å². The highest BCUT2D eigenvalue weighted by Crippen LogP contribution is 2.31. The summed E-state index contributed by atoms with van der Waals surface area (Å²) in [6, 6.07) is 21.4. The molecule has 0 radical (unpaired) electrons. The molecule has 1 aliphatic rings. The number of pyridine rings is 1. The molecule has 5 rings (SSSR count). The Morgan fingerprint density at radius 3 is 2.29 bits per heavy atom. The number of rotatable bonds is 5. The Balaban J connectivity index is 1.37. The number of benzene rings is 2. The number of ether oxygens (including phenoxy) is 1. The highest BCUT2D eigenvalue weighted by atomic mass is 127. The van der Waals surface area contributed by atoms with Crippen LogP contribution in [-0.4, -0.2) is 27.7 Å². The minimum absolute atomic E-state index is 0.0902. The van der Waals surface area contributed by atoms with Crippen LogP contribution in [0.4, 0.5) is 4.39 Å². The van der Waals surface area contributed by atoms with E-state index in [-0.39, 0.29) is 18.7 Å². The van der Waals surface area contributed by atoms with Crippen molar-refractivity contribution in [3.05, 3.63) is 64.2 Å². The van der Waals surface area contributed by atoms with Gasteiger partial charge in [0.05, 0.1) is 17.9 Å². The summed E-state index contributed by atoms with van der Waals surface area (Å²) in [5.41, 5.74) is 5.85. The smallest absolute Gasteiger partial charge is 0.296 e. The Bertz CT molecular complexity index is 1170. The maximum atomic E-state index is 12.8. The van der Waals surface area contributed by atoms with Gasteiger partial charge in [0.15, 0.2) is 5.65 Å². The van der Waals surface area contributed by atoms with Crippen molar-refractivity contribution in [1.82, 2.24) is 15.0 Å². The van der Waals surface area contributed by atoms with Crippen LogP contribution >= 0.6 is 22.6 Å². The standard InChI is InChI=1S/C25H23FIN3O/c26-15-16-6-12-20(13-7-16)31-25-28-22-14-21(27)23(29-24(22)30-25)19-10-8-18(9-11-19)17-4-2-1-3-5-17/h1-5,8-11,14,16,20H,6-7,12-13,15H2,(H,28,29,30). The fourth-order valence-electron chi connectivity index (χ4n) is 4.17. The van der Waals surface area contributed by atoms with Gasteiger partial charge < -0.3 is 9.72 Å². The summed E-state index contributed by atoms with van der Waals surface area (Å²) in [4.78, 5) is 12.6. The molecule has 0 bridgehead atoms. The van der Waals surface area contributed by atoms with E-state index in [1.54, 1.807) is 0 Å². The first-order valence-electron chi connectivity index (χ1n) is 10.6. The Morgan fingerprint density at radius 1 is 0.903 bits per heavy atom. The number of alkyl halides is 1. The summed E-state index contributed by atoms with van der Waals surface area (Å²) in [7, 11) is 0. The van der Waals surface area contributed by atoms with Gasteiger partial charge in [0, 0.05) is 9.13 Å². The number of hydrogen-bond acceptors (Lipinski definition) is 3.